The molecular weight excluding hydrogens is 376 g/mol. The van der Waals surface area contributed by atoms with E-state index < -0.39 is 10.1 Å². The standard InChI is InChI=1S/C21H22N2O4S/c1-22-12-6-5-9-17-18-13-16(28(25,26)27)10-11-19(18)23(20(17)21(22)24)14-15-7-3-2-4-8-15/h2-4,7-8,10-11,13H,5-6,9,12,14H2,1H3,(H,25,26,27). The largest absolute Gasteiger partial charge is 0.340 e. The van der Waals surface area contributed by atoms with Gasteiger partial charge in [-0.15, -0.1) is 0 Å². The van der Waals surface area contributed by atoms with E-state index in [1.165, 1.54) is 12.1 Å². The number of rotatable bonds is 3. The zero-order chi connectivity index (χ0) is 19.9. The monoisotopic (exact) mass is 398 g/mol. The van der Waals surface area contributed by atoms with Gasteiger partial charge in [0.15, 0.2) is 0 Å². The summed E-state index contributed by atoms with van der Waals surface area (Å²) < 4.78 is 34.8. The SMILES string of the molecule is CN1CCCCc2c(n(Cc3ccccc3)c3ccc(S(=O)(=O)O)cc23)C1=O. The first-order chi connectivity index (χ1) is 13.4. The van der Waals surface area contributed by atoms with Crippen LogP contribution in [0.25, 0.3) is 10.9 Å². The number of fused-ring (bicyclic) bond motifs is 3. The van der Waals surface area contributed by atoms with E-state index in [4.69, 9.17) is 0 Å². The van der Waals surface area contributed by atoms with Crippen LogP contribution in [-0.2, 0) is 23.1 Å². The number of amides is 1. The van der Waals surface area contributed by atoms with Crippen LogP contribution in [-0.4, -0.2) is 41.9 Å². The molecule has 0 radical (unpaired) electrons. The van der Waals surface area contributed by atoms with Crippen LogP contribution in [0.15, 0.2) is 53.4 Å². The summed E-state index contributed by atoms with van der Waals surface area (Å²) in [5, 5.41) is 0.713. The van der Waals surface area contributed by atoms with E-state index in [-0.39, 0.29) is 10.8 Å². The van der Waals surface area contributed by atoms with Crippen molar-refractivity contribution in [3.05, 3.63) is 65.4 Å². The Balaban J connectivity index is 2.00. The lowest BCUT2D eigenvalue weighted by Gasteiger charge is -2.22. The van der Waals surface area contributed by atoms with E-state index >= 15 is 0 Å². The first-order valence-electron chi connectivity index (χ1n) is 9.28. The summed E-state index contributed by atoms with van der Waals surface area (Å²) in [5.41, 5.74) is 3.31. The third kappa shape index (κ3) is 3.31. The normalized spacial score (nSPS) is 15.4. The molecule has 0 unspecified atom stereocenters. The molecule has 3 aromatic rings. The van der Waals surface area contributed by atoms with Gasteiger partial charge in [0.2, 0.25) is 0 Å². The average Bonchev–Trinajstić information content (AvgIpc) is 2.96. The molecule has 146 valence electrons. The van der Waals surface area contributed by atoms with Crippen LogP contribution in [0, 0.1) is 0 Å². The molecule has 0 aliphatic carbocycles. The van der Waals surface area contributed by atoms with Crippen molar-refractivity contribution in [1.82, 2.24) is 9.47 Å². The van der Waals surface area contributed by atoms with Crippen molar-refractivity contribution in [3.8, 4) is 0 Å². The van der Waals surface area contributed by atoms with Gasteiger partial charge in [-0.05, 0) is 48.6 Å². The molecule has 2 aromatic carbocycles. The Morgan fingerprint density at radius 3 is 2.54 bits per heavy atom. The van der Waals surface area contributed by atoms with Crippen molar-refractivity contribution >= 4 is 26.9 Å². The minimum absolute atomic E-state index is 0.0600. The second kappa shape index (κ2) is 7.07. The Morgan fingerprint density at radius 2 is 1.82 bits per heavy atom. The summed E-state index contributed by atoms with van der Waals surface area (Å²) >= 11 is 0. The number of benzene rings is 2. The summed E-state index contributed by atoms with van der Waals surface area (Å²) in [4.78, 5) is 14.8. The van der Waals surface area contributed by atoms with Crippen molar-refractivity contribution in [3.63, 3.8) is 0 Å². The van der Waals surface area contributed by atoms with Gasteiger partial charge in [-0.1, -0.05) is 30.3 Å². The molecule has 1 N–H and O–H groups in total. The molecule has 6 nitrogen and oxygen atoms in total. The number of hydrogen-bond donors (Lipinski definition) is 1. The number of carbonyl (C=O) groups is 1. The lowest BCUT2D eigenvalue weighted by Crippen LogP contribution is -2.32. The summed E-state index contributed by atoms with van der Waals surface area (Å²) in [6.07, 6.45) is 2.50. The second-order valence-electron chi connectivity index (χ2n) is 7.24. The molecule has 0 spiro atoms. The first-order valence-corrected chi connectivity index (χ1v) is 10.7. The maximum Gasteiger partial charge on any atom is 0.294 e. The molecular formula is C21H22N2O4S. The minimum Gasteiger partial charge on any atom is -0.340 e. The fourth-order valence-corrected chi connectivity index (χ4v) is 4.43. The first kappa shape index (κ1) is 18.7. The van der Waals surface area contributed by atoms with E-state index in [1.54, 1.807) is 18.0 Å². The van der Waals surface area contributed by atoms with Gasteiger partial charge in [0.25, 0.3) is 16.0 Å². The van der Waals surface area contributed by atoms with Crippen molar-refractivity contribution in [2.24, 2.45) is 0 Å². The lowest BCUT2D eigenvalue weighted by atomic mass is 10.0. The zero-order valence-corrected chi connectivity index (χ0v) is 16.4. The highest BCUT2D eigenvalue weighted by Crippen LogP contribution is 2.32. The Kier molecular flexibility index (Phi) is 4.72. The highest BCUT2D eigenvalue weighted by atomic mass is 32.2. The van der Waals surface area contributed by atoms with Gasteiger partial charge in [-0.2, -0.15) is 8.42 Å². The molecule has 1 aliphatic rings. The highest BCUT2D eigenvalue weighted by Gasteiger charge is 2.27. The molecule has 0 saturated carbocycles. The highest BCUT2D eigenvalue weighted by molar-refractivity contribution is 7.85. The molecule has 1 aromatic heterocycles. The molecule has 2 heterocycles. The van der Waals surface area contributed by atoms with Crippen molar-refractivity contribution in [1.29, 1.82) is 0 Å². The molecule has 0 atom stereocenters. The summed E-state index contributed by atoms with van der Waals surface area (Å²) in [5.74, 6) is -0.0600. The third-order valence-electron chi connectivity index (χ3n) is 5.34. The molecule has 28 heavy (non-hydrogen) atoms. The Labute approximate surface area is 164 Å². The summed E-state index contributed by atoms with van der Waals surface area (Å²) in [6.45, 7) is 1.21. The second-order valence-corrected chi connectivity index (χ2v) is 8.66. The van der Waals surface area contributed by atoms with Crippen molar-refractivity contribution in [2.45, 2.75) is 30.7 Å². The van der Waals surface area contributed by atoms with Gasteiger partial charge in [0.1, 0.15) is 5.69 Å². The van der Waals surface area contributed by atoms with E-state index in [1.807, 2.05) is 34.9 Å². The van der Waals surface area contributed by atoms with E-state index in [2.05, 4.69) is 0 Å². The van der Waals surface area contributed by atoms with Crippen LogP contribution in [0.2, 0.25) is 0 Å². The molecule has 0 fully saturated rings. The zero-order valence-electron chi connectivity index (χ0n) is 15.6. The number of aromatic nitrogens is 1. The van der Waals surface area contributed by atoms with Crippen LogP contribution >= 0.6 is 0 Å². The summed E-state index contributed by atoms with van der Waals surface area (Å²) in [6, 6.07) is 14.4. The van der Waals surface area contributed by atoms with E-state index in [0.717, 1.165) is 29.5 Å². The van der Waals surface area contributed by atoms with Crippen LogP contribution in [0.5, 0.6) is 0 Å². The van der Waals surface area contributed by atoms with Crippen LogP contribution in [0.4, 0.5) is 0 Å². The van der Waals surface area contributed by atoms with Crippen LogP contribution in [0.3, 0.4) is 0 Å². The van der Waals surface area contributed by atoms with Crippen molar-refractivity contribution in [2.75, 3.05) is 13.6 Å². The molecule has 7 heteroatoms. The van der Waals surface area contributed by atoms with Gasteiger partial charge < -0.3 is 9.47 Å². The topological polar surface area (TPSA) is 79.6 Å². The fourth-order valence-electron chi connectivity index (χ4n) is 3.92. The quantitative estimate of drug-likeness (QED) is 0.686. The van der Waals surface area contributed by atoms with Crippen LogP contribution in [0.1, 0.15) is 34.5 Å². The van der Waals surface area contributed by atoms with Gasteiger partial charge >= 0.3 is 0 Å². The Morgan fingerprint density at radius 1 is 1.07 bits per heavy atom. The predicted octanol–water partition coefficient (Wildman–Crippen LogP) is 3.34. The molecule has 1 aliphatic heterocycles. The van der Waals surface area contributed by atoms with E-state index in [0.29, 0.717) is 30.6 Å². The Bertz CT molecular complexity index is 1150. The smallest absolute Gasteiger partial charge is 0.294 e. The third-order valence-corrected chi connectivity index (χ3v) is 6.19. The van der Waals surface area contributed by atoms with Crippen molar-refractivity contribution < 1.29 is 17.8 Å². The number of hydrogen-bond acceptors (Lipinski definition) is 3. The maximum absolute atomic E-state index is 13.2. The average molecular weight is 398 g/mol. The van der Waals surface area contributed by atoms with E-state index in [9.17, 15) is 17.8 Å². The Hall–Kier alpha value is -2.64. The van der Waals surface area contributed by atoms with Gasteiger partial charge in [0, 0.05) is 31.0 Å². The predicted molar refractivity (Wildman–Crippen MR) is 107 cm³/mol. The van der Waals surface area contributed by atoms with Gasteiger partial charge in [0.05, 0.1) is 4.90 Å². The number of carbonyl (C=O) groups excluding carboxylic acids is 1. The van der Waals surface area contributed by atoms with Gasteiger partial charge in [-0.25, -0.2) is 0 Å². The molecule has 0 saturated heterocycles. The number of aryl methyl sites for hydroxylation is 1. The minimum atomic E-state index is -4.32. The molecule has 4 rings (SSSR count). The maximum atomic E-state index is 13.2. The molecule has 0 bridgehead atoms. The van der Waals surface area contributed by atoms with Crippen LogP contribution < -0.4 is 0 Å². The molecule has 1 amide bonds. The van der Waals surface area contributed by atoms with Gasteiger partial charge in [-0.3, -0.25) is 9.35 Å². The lowest BCUT2D eigenvalue weighted by molar-refractivity contribution is 0.0777. The number of nitrogens with zero attached hydrogens (tertiary/aromatic N) is 2. The summed E-state index contributed by atoms with van der Waals surface area (Å²) in [7, 11) is -2.52. The fraction of sp³-hybridized carbons (Fsp3) is 0.286.